The van der Waals surface area contributed by atoms with E-state index in [9.17, 15) is 14.4 Å². The molecule has 0 saturated carbocycles. The minimum atomic E-state index is -0.580. The number of thiophene rings is 2. The monoisotopic (exact) mass is 399 g/mol. The van der Waals surface area contributed by atoms with E-state index in [1.165, 1.54) is 22.7 Å². The number of aryl methyl sites for hydroxylation is 2. The number of ether oxygens (including phenoxy) is 1. The maximum absolute atomic E-state index is 12.2. The molecule has 0 aliphatic carbocycles. The van der Waals surface area contributed by atoms with Crippen LogP contribution in [0.2, 0.25) is 0 Å². The minimum absolute atomic E-state index is 0.202. The molecule has 3 rings (SSSR count). The molecule has 3 aromatic rings. The summed E-state index contributed by atoms with van der Waals surface area (Å²) in [5.74, 6) is -0.999. The number of hydrogen-bond donors (Lipinski definition) is 1. The van der Waals surface area contributed by atoms with Gasteiger partial charge in [0, 0.05) is 21.0 Å². The van der Waals surface area contributed by atoms with Crippen LogP contribution >= 0.6 is 22.7 Å². The number of ketones is 1. The number of benzene rings is 1. The predicted octanol–water partition coefficient (Wildman–Crippen LogP) is 4.72. The topological polar surface area (TPSA) is 72.5 Å². The molecule has 1 amide bonds. The van der Waals surface area contributed by atoms with Crippen molar-refractivity contribution in [2.45, 2.75) is 13.8 Å². The number of rotatable bonds is 6. The molecule has 5 nitrogen and oxygen atoms in total. The molecule has 0 aliphatic rings. The number of esters is 1. The van der Waals surface area contributed by atoms with Crippen LogP contribution in [0.25, 0.3) is 0 Å². The molecule has 1 aromatic carbocycles. The van der Waals surface area contributed by atoms with Crippen LogP contribution in [0.15, 0.2) is 47.8 Å². The number of carbonyl (C=O) groups is 3. The lowest BCUT2D eigenvalue weighted by atomic mass is 10.1. The van der Waals surface area contributed by atoms with Gasteiger partial charge >= 0.3 is 5.97 Å². The van der Waals surface area contributed by atoms with Crippen LogP contribution in [-0.2, 0) is 4.74 Å². The van der Waals surface area contributed by atoms with Gasteiger partial charge in [0.25, 0.3) is 5.91 Å². The summed E-state index contributed by atoms with van der Waals surface area (Å²) in [5.41, 5.74) is 1.48. The lowest BCUT2D eigenvalue weighted by Gasteiger charge is -2.06. The molecule has 138 valence electrons. The standard InChI is InChI=1S/C20H17NO4S2/c1-12-10-16(13(2)27-12)17(22)11-25-20(24)14-5-7-15(8-6-14)21-19(23)18-4-3-9-26-18/h3-10H,11H2,1-2H3,(H,21,23). The highest BCUT2D eigenvalue weighted by Crippen LogP contribution is 2.21. The van der Waals surface area contributed by atoms with Gasteiger partial charge in [-0.2, -0.15) is 0 Å². The maximum atomic E-state index is 12.2. The number of carbonyl (C=O) groups excluding carboxylic acids is 3. The number of anilines is 1. The van der Waals surface area contributed by atoms with Gasteiger partial charge in [0.1, 0.15) is 0 Å². The van der Waals surface area contributed by atoms with Crippen molar-refractivity contribution in [3.8, 4) is 0 Å². The summed E-state index contributed by atoms with van der Waals surface area (Å²) in [4.78, 5) is 38.9. The molecule has 0 radical (unpaired) electrons. The van der Waals surface area contributed by atoms with Crippen molar-refractivity contribution in [3.05, 3.63) is 73.6 Å². The Labute approximate surface area is 164 Å². The second-order valence-corrected chi connectivity index (χ2v) is 8.24. The Balaban J connectivity index is 1.56. The van der Waals surface area contributed by atoms with Crippen molar-refractivity contribution in [2.75, 3.05) is 11.9 Å². The SMILES string of the molecule is Cc1cc(C(=O)COC(=O)c2ccc(NC(=O)c3cccs3)cc2)c(C)s1. The van der Waals surface area contributed by atoms with Crippen molar-refractivity contribution in [3.63, 3.8) is 0 Å². The fourth-order valence-electron chi connectivity index (χ4n) is 2.49. The van der Waals surface area contributed by atoms with Crippen LogP contribution in [0, 0.1) is 13.8 Å². The second-order valence-electron chi connectivity index (χ2n) is 5.83. The van der Waals surface area contributed by atoms with Crippen LogP contribution in [0.3, 0.4) is 0 Å². The summed E-state index contributed by atoms with van der Waals surface area (Å²) >= 11 is 2.89. The normalized spacial score (nSPS) is 10.4. The molecule has 1 N–H and O–H groups in total. The van der Waals surface area contributed by atoms with Gasteiger partial charge in [-0.15, -0.1) is 22.7 Å². The van der Waals surface area contributed by atoms with E-state index in [0.29, 0.717) is 21.7 Å². The zero-order valence-electron chi connectivity index (χ0n) is 14.8. The van der Waals surface area contributed by atoms with E-state index < -0.39 is 5.97 Å². The summed E-state index contributed by atoms with van der Waals surface area (Å²) < 4.78 is 5.12. The lowest BCUT2D eigenvalue weighted by Crippen LogP contribution is -2.14. The lowest BCUT2D eigenvalue weighted by molar-refractivity contribution is 0.0474. The number of hydrogen-bond acceptors (Lipinski definition) is 6. The van der Waals surface area contributed by atoms with E-state index in [-0.39, 0.29) is 18.3 Å². The summed E-state index contributed by atoms with van der Waals surface area (Å²) in [6.45, 7) is 3.50. The van der Waals surface area contributed by atoms with E-state index >= 15 is 0 Å². The molecule has 2 aromatic heterocycles. The first-order valence-corrected chi connectivity index (χ1v) is 9.86. The van der Waals surface area contributed by atoms with Gasteiger partial charge in [-0.05, 0) is 55.6 Å². The average Bonchev–Trinajstić information content (AvgIpc) is 3.29. The van der Waals surface area contributed by atoms with Gasteiger partial charge in [0.05, 0.1) is 10.4 Å². The van der Waals surface area contributed by atoms with Crippen LogP contribution in [-0.4, -0.2) is 24.3 Å². The third kappa shape index (κ3) is 4.69. The van der Waals surface area contributed by atoms with E-state index in [0.717, 1.165) is 9.75 Å². The van der Waals surface area contributed by atoms with E-state index in [2.05, 4.69) is 5.32 Å². The van der Waals surface area contributed by atoms with Crippen molar-refractivity contribution in [1.29, 1.82) is 0 Å². The average molecular weight is 399 g/mol. The highest BCUT2D eigenvalue weighted by Gasteiger charge is 2.15. The fourth-order valence-corrected chi connectivity index (χ4v) is 4.05. The van der Waals surface area contributed by atoms with E-state index in [1.54, 1.807) is 42.5 Å². The van der Waals surface area contributed by atoms with Crippen LogP contribution in [0.4, 0.5) is 5.69 Å². The van der Waals surface area contributed by atoms with Gasteiger partial charge in [0.2, 0.25) is 5.78 Å². The van der Waals surface area contributed by atoms with E-state index in [4.69, 9.17) is 4.74 Å². The smallest absolute Gasteiger partial charge is 0.338 e. The van der Waals surface area contributed by atoms with Gasteiger partial charge in [-0.3, -0.25) is 9.59 Å². The minimum Gasteiger partial charge on any atom is -0.454 e. The Bertz CT molecular complexity index is 972. The van der Waals surface area contributed by atoms with Crippen LogP contribution in [0.1, 0.15) is 40.1 Å². The maximum Gasteiger partial charge on any atom is 0.338 e. The third-order valence-electron chi connectivity index (χ3n) is 3.80. The summed E-state index contributed by atoms with van der Waals surface area (Å²) in [6.07, 6.45) is 0. The second kappa shape index (κ2) is 8.28. The van der Waals surface area contributed by atoms with Crippen LogP contribution < -0.4 is 5.32 Å². The Hall–Kier alpha value is -2.77. The predicted molar refractivity (Wildman–Crippen MR) is 107 cm³/mol. The molecule has 0 atom stereocenters. The third-order valence-corrected chi connectivity index (χ3v) is 5.63. The molecular weight excluding hydrogens is 382 g/mol. The highest BCUT2D eigenvalue weighted by molar-refractivity contribution is 7.12. The Morgan fingerprint density at radius 1 is 1.07 bits per heavy atom. The summed E-state index contributed by atoms with van der Waals surface area (Å²) in [5, 5.41) is 4.58. The summed E-state index contributed by atoms with van der Waals surface area (Å²) in [7, 11) is 0. The van der Waals surface area contributed by atoms with Gasteiger partial charge < -0.3 is 10.1 Å². The fraction of sp³-hybridized carbons (Fsp3) is 0.150. The van der Waals surface area contributed by atoms with Crippen molar-refractivity contribution >= 4 is 46.0 Å². The largest absolute Gasteiger partial charge is 0.454 e. The van der Waals surface area contributed by atoms with Crippen LogP contribution in [0.5, 0.6) is 0 Å². The van der Waals surface area contributed by atoms with Gasteiger partial charge in [-0.25, -0.2) is 4.79 Å². The zero-order chi connectivity index (χ0) is 19.4. The van der Waals surface area contributed by atoms with Crippen molar-refractivity contribution in [1.82, 2.24) is 0 Å². The highest BCUT2D eigenvalue weighted by atomic mass is 32.1. The number of Topliss-reactive ketones (excluding diaryl/α,β-unsaturated/α-hetero) is 1. The quantitative estimate of drug-likeness (QED) is 0.481. The molecule has 7 heteroatoms. The molecule has 0 bridgehead atoms. The Morgan fingerprint density at radius 2 is 1.81 bits per heavy atom. The molecule has 0 saturated heterocycles. The molecular formula is C20H17NO4S2. The first kappa shape index (κ1) is 19.0. The first-order valence-electron chi connectivity index (χ1n) is 8.16. The molecule has 2 heterocycles. The van der Waals surface area contributed by atoms with Gasteiger partial charge in [-0.1, -0.05) is 6.07 Å². The van der Waals surface area contributed by atoms with E-state index in [1.807, 2.05) is 19.2 Å². The molecule has 0 spiro atoms. The molecule has 0 fully saturated rings. The number of nitrogens with one attached hydrogen (secondary N) is 1. The molecule has 0 aliphatic heterocycles. The zero-order valence-corrected chi connectivity index (χ0v) is 16.4. The van der Waals surface area contributed by atoms with Crippen molar-refractivity contribution in [2.24, 2.45) is 0 Å². The van der Waals surface area contributed by atoms with Crippen molar-refractivity contribution < 1.29 is 19.1 Å². The molecule has 0 unspecified atom stereocenters. The summed E-state index contributed by atoms with van der Waals surface area (Å²) in [6, 6.07) is 11.7. The van der Waals surface area contributed by atoms with Gasteiger partial charge in [0.15, 0.2) is 6.61 Å². The molecule has 27 heavy (non-hydrogen) atoms. The first-order chi connectivity index (χ1) is 12.9. The Morgan fingerprint density at radius 3 is 2.41 bits per heavy atom. The number of amides is 1. The Kier molecular flexibility index (Phi) is 5.83.